The monoisotopic (exact) mass is 261 g/mol. The van der Waals surface area contributed by atoms with Gasteiger partial charge in [0.15, 0.2) is 0 Å². The van der Waals surface area contributed by atoms with Crippen molar-refractivity contribution in [2.45, 2.75) is 0 Å². The predicted molar refractivity (Wildman–Crippen MR) is 73.2 cm³/mol. The smallest absolute Gasteiger partial charge is 0.270 e. The summed E-state index contributed by atoms with van der Waals surface area (Å²) in [6.45, 7) is 1.59. The van der Waals surface area contributed by atoms with Gasteiger partial charge in [0, 0.05) is 30.6 Å². The van der Waals surface area contributed by atoms with Crippen LogP contribution in [0.15, 0.2) is 24.4 Å². The van der Waals surface area contributed by atoms with E-state index in [9.17, 15) is 10.1 Å². The minimum Gasteiger partial charge on any atom is -0.382 e. The standard InChI is InChI=1S/C12H15N5O2/c1-16(2)6-5-13-12-8-14-15-11-4-3-9(17(18)19)7-10(11)12/h3-4,7-8H,5-6H2,1-2H3,(H,13,15). The van der Waals surface area contributed by atoms with Gasteiger partial charge in [-0.15, -0.1) is 0 Å². The van der Waals surface area contributed by atoms with Crippen LogP contribution in [-0.2, 0) is 0 Å². The van der Waals surface area contributed by atoms with Crippen molar-refractivity contribution in [2.24, 2.45) is 0 Å². The van der Waals surface area contributed by atoms with Crippen LogP contribution in [0.25, 0.3) is 10.9 Å². The number of hydrogen-bond acceptors (Lipinski definition) is 6. The Morgan fingerprint density at radius 1 is 1.42 bits per heavy atom. The number of anilines is 1. The molecule has 0 radical (unpaired) electrons. The molecule has 0 bridgehead atoms. The third kappa shape index (κ3) is 3.14. The van der Waals surface area contributed by atoms with Gasteiger partial charge in [0.25, 0.3) is 5.69 Å². The molecule has 0 fully saturated rings. The zero-order valence-corrected chi connectivity index (χ0v) is 10.8. The van der Waals surface area contributed by atoms with Crippen LogP contribution in [0.3, 0.4) is 0 Å². The Hall–Kier alpha value is -2.28. The Bertz CT molecular complexity index is 600. The van der Waals surface area contributed by atoms with Gasteiger partial charge in [0.05, 0.1) is 22.3 Å². The number of nitro groups is 1. The Labute approximate surface area is 110 Å². The van der Waals surface area contributed by atoms with Crippen molar-refractivity contribution in [2.75, 3.05) is 32.5 Å². The maximum atomic E-state index is 10.8. The Morgan fingerprint density at radius 2 is 2.21 bits per heavy atom. The molecule has 2 aromatic rings. The third-order valence-corrected chi connectivity index (χ3v) is 2.71. The van der Waals surface area contributed by atoms with Crippen LogP contribution in [0.2, 0.25) is 0 Å². The van der Waals surface area contributed by atoms with Gasteiger partial charge in [-0.1, -0.05) is 0 Å². The average Bonchev–Trinajstić information content (AvgIpc) is 2.38. The number of non-ortho nitro benzene ring substituents is 1. The number of nitrogens with one attached hydrogen (secondary N) is 1. The summed E-state index contributed by atoms with van der Waals surface area (Å²) in [5, 5.41) is 22.6. The summed E-state index contributed by atoms with van der Waals surface area (Å²) in [5.41, 5.74) is 1.45. The fourth-order valence-electron chi connectivity index (χ4n) is 1.71. The zero-order chi connectivity index (χ0) is 13.8. The van der Waals surface area contributed by atoms with E-state index < -0.39 is 4.92 Å². The Morgan fingerprint density at radius 3 is 2.89 bits per heavy atom. The summed E-state index contributed by atoms with van der Waals surface area (Å²) >= 11 is 0. The molecule has 0 unspecified atom stereocenters. The second kappa shape index (κ2) is 5.57. The van der Waals surface area contributed by atoms with Gasteiger partial charge in [-0.3, -0.25) is 10.1 Å². The van der Waals surface area contributed by atoms with Crippen molar-refractivity contribution in [1.29, 1.82) is 0 Å². The molecule has 1 aromatic carbocycles. The number of hydrogen-bond donors (Lipinski definition) is 1. The van der Waals surface area contributed by atoms with E-state index in [-0.39, 0.29) is 5.69 Å². The normalized spacial score (nSPS) is 10.9. The summed E-state index contributed by atoms with van der Waals surface area (Å²) in [6, 6.07) is 4.56. The number of aromatic nitrogens is 2. The largest absolute Gasteiger partial charge is 0.382 e. The molecule has 19 heavy (non-hydrogen) atoms. The molecule has 2 rings (SSSR count). The SMILES string of the molecule is CN(C)CCNc1cnnc2ccc([N+](=O)[O-])cc12. The molecule has 0 spiro atoms. The molecule has 0 saturated carbocycles. The summed E-state index contributed by atoms with van der Waals surface area (Å²) in [6.07, 6.45) is 1.59. The molecule has 1 heterocycles. The van der Waals surface area contributed by atoms with Crippen LogP contribution >= 0.6 is 0 Å². The van der Waals surface area contributed by atoms with E-state index in [2.05, 4.69) is 15.5 Å². The topological polar surface area (TPSA) is 84.2 Å². The van der Waals surface area contributed by atoms with E-state index in [4.69, 9.17) is 0 Å². The predicted octanol–water partition coefficient (Wildman–Crippen LogP) is 1.51. The fraction of sp³-hybridized carbons (Fsp3) is 0.333. The van der Waals surface area contributed by atoms with Gasteiger partial charge in [-0.2, -0.15) is 10.2 Å². The molecule has 0 aliphatic carbocycles. The minimum atomic E-state index is -0.413. The van der Waals surface area contributed by atoms with Crippen LogP contribution in [0.4, 0.5) is 11.4 Å². The van der Waals surface area contributed by atoms with Gasteiger partial charge in [0.2, 0.25) is 0 Å². The fourth-order valence-corrected chi connectivity index (χ4v) is 1.71. The summed E-state index contributed by atoms with van der Waals surface area (Å²) < 4.78 is 0. The van der Waals surface area contributed by atoms with Crippen LogP contribution < -0.4 is 5.32 Å². The molecular weight excluding hydrogens is 246 g/mol. The average molecular weight is 261 g/mol. The number of likely N-dealkylation sites (N-methyl/N-ethyl adjacent to an activating group) is 1. The molecule has 0 amide bonds. The quantitative estimate of drug-likeness (QED) is 0.648. The zero-order valence-electron chi connectivity index (χ0n) is 10.8. The van der Waals surface area contributed by atoms with E-state index in [0.717, 1.165) is 18.8 Å². The first-order valence-corrected chi connectivity index (χ1v) is 5.86. The molecule has 0 aliphatic rings. The van der Waals surface area contributed by atoms with Gasteiger partial charge in [-0.25, -0.2) is 0 Å². The van der Waals surface area contributed by atoms with Crippen LogP contribution in [-0.4, -0.2) is 47.2 Å². The molecule has 0 saturated heterocycles. The molecule has 7 nitrogen and oxygen atoms in total. The van der Waals surface area contributed by atoms with Gasteiger partial charge >= 0.3 is 0 Å². The summed E-state index contributed by atoms with van der Waals surface area (Å²) in [7, 11) is 3.96. The highest BCUT2D eigenvalue weighted by molar-refractivity contribution is 5.91. The van der Waals surface area contributed by atoms with Crippen molar-refractivity contribution in [3.05, 3.63) is 34.5 Å². The van der Waals surface area contributed by atoms with Crippen LogP contribution in [0, 0.1) is 10.1 Å². The minimum absolute atomic E-state index is 0.0520. The number of nitro benzene ring substituents is 1. The highest BCUT2D eigenvalue weighted by atomic mass is 16.6. The molecule has 100 valence electrons. The summed E-state index contributed by atoms with van der Waals surface area (Å²) in [4.78, 5) is 12.4. The lowest BCUT2D eigenvalue weighted by atomic mass is 10.2. The molecule has 1 aromatic heterocycles. The molecular formula is C12H15N5O2. The van der Waals surface area contributed by atoms with Crippen LogP contribution in [0.5, 0.6) is 0 Å². The number of benzene rings is 1. The lowest BCUT2D eigenvalue weighted by molar-refractivity contribution is -0.384. The maximum absolute atomic E-state index is 10.8. The van der Waals surface area contributed by atoms with E-state index >= 15 is 0 Å². The van der Waals surface area contributed by atoms with E-state index in [1.165, 1.54) is 12.1 Å². The second-order valence-electron chi connectivity index (χ2n) is 4.45. The van der Waals surface area contributed by atoms with E-state index in [1.54, 1.807) is 12.3 Å². The number of rotatable bonds is 5. The Kier molecular flexibility index (Phi) is 3.86. The first-order chi connectivity index (χ1) is 9.08. The third-order valence-electron chi connectivity index (χ3n) is 2.71. The maximum Gasteiger partial charge on any atom is 0.270 e. The molecule has 1 N–H and O–H groups in total. The van der Waals surface area contributed by atoms with Crippen molar-refractivity contribution in [1.82, 2.24) is 15.1 Å². The Balaban J connectivity index is 2.31. The summed E-state index contributed by atoms with van der Waals surface area (Å²) in [5.74, 6) is 0. The molecule has 0 atom stereocenters. The van der Waals surface area contributed by atoms with Gasteiger partial charge in [-0.05, 0) is 20.2 Å². The van der Waals surface area contributed by atoms with Crippen LogP contribution in [0.1, 0.15) is 0 Å². The first kappa shape index (κ1) is 13.2. The van der Waals surface area contributed by atoms with Crippen molar-refractivity contribution in [3.8, 4) is 0 Å². The van der Waals surface area contributed by atoms with Crippen molar-refractivity contribution >= 4 is 22.3 Å². The lowest BCUT2D eigenvalue weighted by Gasteiger charge is -2.12. The molecule has 7 heteroatoms. The second-order valence-corrected chi connectivity index (χ2v) is 4.45. The number of nitrogens with zero attached hydrogens (tertiary/aromatic N) is 4. The highest BCUT2D eigenvalue weighted by Gasteiger charge is 2.10. The molecule has 0 aliphatic heterocycles. The van der Waals surface area contributed by atoms with Gasteiger partial charge in [0.1, 0.15) is 0 Å². The highest BCUT2D eigenvalue weighted by Crippen LogP contribution is 2.24. The van der Waals surface area contributed by atoms with E-state index in [1.807, 2.05) is 19.0 Å². The first-order valence-electron chi connectivity index (χ1n) is 5.86. The lowest BCUT2D eigenvalue weighted by Crippen LogP contribution is -2.20. The van der Waals surface area contributed by atoms with Gasteiger partial charge < -0.3 is 10.2 Å². The van der Waals surface area contributed by atoms with Crippen molar-refractivity contribution in [3.63, 3.8) is 0 Å². The van der Waals surface area contributed by atoms with Crippen molar-refractivity contribution < 1.29 is 4.92 Å². The number of fused-ring (bicyclic) bond motifs is 1. The van der Waals surface area contributed by atoms with E-state index in [0.29, 0.717) is 10.9 Å².